The number of carbonyl (C=O) groups is 1. The van der Waals surface area contributed by atoms with Gasteiger partial charge in [-0.25, -0.2) is 8.42 Å². The monoisotopic (exact) mass is 255 g/mol. The summed E-state index contributed by atoms with van der Waals surface area (Å²) in [5.74, 6) is 0. The normalized spacial score (nSPS) is 26.9. The lowest BCUT2D eigenvalue weighted by Gasteiger charge is -2.23. The average molecular weight is 256 g/mol. The maximum absolute atomic E-state index is 11.4. The van der Waals surface area contributed by atoms with Crippen LogP contribution in [0.3, 0.4) is 0 Å². The van der Waals surface area contributed by atoms with Crippen LogP contribution in [0.4, 0.5) is 0 Å². The van der Waals surface area contributed by atoms with E-state index >= 15 is 0 Å². The Balaban J connectivity index is 3.09. The van der Waals surface area contributed by atoms with Crippen molar-refractivity contribution in [3.05, 3.63) is 11.1 Å². The second kappa shape index (κ2) is 3.75. The molecule has 0 aromatic heterocycles. The molecule has 1 aliphatic rings. The second-order valence-corrected chi connectivity index (χ2v) is 6.74. The fourth-order valence-electron chi connectivity index (χ4n) is 1.02. The lowest BCUT2D eigenvalue weighted by atomic mass is 10.4. The van der Waals surface area contributed by atoms with Gasteiger partial charge in [0, 0.05) is 12.0 Å². The number of allylic oxidation sites excluding steroid dienone is 1. The molecule has 1 N–H and O–H groups in total. The minimum atomic E-state index is -3.59. The minimum absolute atomic E-state index is 0.633. The summed E-state index contributed by atoms with van der Waals surface area (Å²) in [6.07, 6.45) is 1.62. The predicted octanol–water partition coefficient (Wildman–Crippen LogP) is 1.04. The van der Waals surface area contributed by atoms with Gasteiger partial charge in [-0.05, 0) is 23.4 Å². The molecule has 0 saturated carbocycles. The van der Waals surface area contributed by atoms with E-state index in [1.165, 1.54) is 0 Å². The summed E-state index contributed by atoms with van der Waals surface area (Å²) < 4.78 is 21.2. The smallest absolute Gasteiger partial charge is 0.273 e. The standard InChI is InChI=1S/C7H10ClNO3S2/c1-3-5-4-13-7(9-5,6(8)10)14(2,11)12/h4,9H,3H2,1-2H3. The number of carbonyl (C=O) groups excluding carboxylic acids is 1. The van der Waals surface area contributed by atoms with Crippen molar-refractivity contribution in [1.82, 2.24) is 5.32 Å². The van der Waals surface area contributed by atoms with Crippen molar-refractivity contribution in [3.63, 3.8) is 0 Å². The van der Waals surface area contributed by atoms with E-state index in [1.54, 1.807) is 5.41 Å². The van der Waals surface area contributed by atoms with Gasteiger partial charge in [0.1, 0.15) is 0 Å². The van der Waals surface area contributed by atoms with Gasteiger partial charge in [0.15, 0.2) is 9.84 Å². The Morgan fingerprint density at radius 1 is 1.71 bits per heavy atom. The maximum Gasteiger partial charge on any atom is 0.273 e. The molecule has 0 saturated heterocycles. The van der Waals surface area contributed by atoms with Gasteiger partial charge in [-0.15, -0.1) is 0 Å². The Morgan fingerprint density at radius 3 is 2.50 bits per heavy atom. The van der Waals surface area contributed by atoms with Crippen molar-refractivity contribution in [2.45, 2.75) is 17.5 Å². The van der Waals surface area contributed by atoms with Crippen LogP contribution in [0.1, 0.15) is 13.3 Å². The largest absolute Gasteiger partial charge is 0.354 e. The molecule has 4 nitrogen and oxygen atoms in total. The van der Waals surface area contributed by atoms with Crippen molar-refractivity contribution in [1.29, 1.82) is 0 Å². The molecule has 0 aromatic carbocycles. The molecule has 1 unspecified atom stereocenters. The van der Waals surface area contributed by atoms with Crippen molar-refractivity contribution < 1.29 is 13.2 Å². The topological polar surface area (TPSA) is 63.2 Å². The first-order chi connectivity index (χ1) is 6.33. The second-order valence-electron chi connectivity index (χ2n) is 2.90. The third-order valence-corrected chi connectivity index (χ3v) is 5.91. The minimum Gasteiger partial charge on any atom is -0.354 e. The van der Waals surface area contributed by atoms with Gasteiger partial charge in [-0.2, -0.15) is 0 Å². The molecule has 1 heterocycles. The molecule has 0 fully saturated rings. The number of hydrogen-bond donors (Lipinski definition) is 1. The molecular formula is C7H10ClNO3S2. The first-order valence-corrected chi connectivity index (χ1v) is 7.03. The first kappa shape index (κ1) is 11.9. The van der Waals surface area contributed by atoms with Crippen molar-refractivity contribution >= 4 is 38.4 Å². The molecule has 0 amide bonds. The zero-order chi connectivity index (χ0) is 11.0. The van der Waals surface area contributed by atoms with Crippen LogP contribution < -0.4 is 5.32 Å². The zero-order valence-electron chi connectivity index (χ0n) is 7.70. The maximum atomic E-state index is 11.4. The molecular weight excluding hydrogens is 246 g/mol. The van der Waals surface area contributed by atoms with Crippen molar-refractivity contribution in [3.8, 4) is 0 Å². The fraction of sp³-hybridized carbons (Fsp3) is 0.571. The highest BCUT2D eigenvalue weighted by Gasteiger charge is 2.50. The van der Waals surface area contributed by atoms with Gasteiger partial charge in [0.05, 0.1) is 0 Å². The number of rotatable bonds is 3. The van der Waals surface area contributed by atoms with E-state index in [0.29, 0.717) is 12.1 Å². The van der Waals surface area contributed by atoms with Crippen LogP contribution in [0.2, 0.25) is 0 Å². The SMILES string of the molecule is CCC1=CSC(C(=O)Cl)(S(C)(=O)=O)N1. The van der Waals surface area contributed by atoms with Crippen LogP contribution in [0.25, 0.3) is 0 Å². The van der Waals surface area contributed by atoms with E-state index in [2.05, 4.69) is 5.32 Å². The highest BCUT2D eigenvalue weighted by Crippen LogP contribution is 2.38. The zero-order valence-corrected chi connectivity index (χ0v) is 10.1. The summed E-state index contributed by atoms with van der Waals surface area (Å²) in [7, 11) is -3.59. The molecule has 1 aliphatic heterocycles. The van der Waals surface area contributed by atoms with Gasteiger partial charge in [0.2, 0.25) is 0 Å². The van der Waals surface area contributed by atoms with Gasteiger partial charge in [-0.3, -0.25) is 4.79 Å². The molecule has 1 rings (SSSR count). The third-order valence-electron chi connectivity index (χ3n) is 1.85. The van der Waals surface area contributed by atoms with Crippen LogP contribution in [-0.2, 0) is 14.6 Å². The number of hydrogen-bond acceptors (Lipinski definition) is 5. The molecule has 0 radical (unpaired) electrons. The summed E-state index contributed by atoms with van der Waals surface area (Å²) >= 11 is 6.21. The Bertz CT molecular complexity index is 390. The molecule has 0 spiro atoms. The van der Waals surface area contributed by atoms with Crippen LogP contribution >= 0.6 is 23.4 Å². The molecule has 1 atom stereocenters. The van der Waals surface area contributed by atoms with Gasteiger partial charge < -0.3 is 5.32 Å². The summed E-state index contributed by atoms with van der Waals surface area (Å²) in [5, 5.41) is 3.35. The molecule has 7 heteroatoms. The number of thioether (sulfide) groups is 1. The van der Waals surface area contributed by atoms with E-state index in [-0.39, 0.29) is 0 Å². The Hall–Kier alpha value is -0.200. The molecule has 0 aromatic rings. The average Bonchev–Trinajstić information content (AvgIpc) is 2.47. The van der Waals surface area contributed by atoms with Gasteiger partial charge >= 0.3 is 0 Å². The molecule has 14 heavy (non-hydrogen) atoms. The lowest BCUT2D eigenvalue weighted by molar-refractivity contribution is -0.112. The first-order valence-electron chi connectivity index (χ1n) is 3.88. The summed E-state index contributed by atoms with van der Waals surface area (Å²) in [5.41, 5.74) is 0.703. The highest BCUT2D eigenvalue weighted by molar-refractivity contribution is 8.17. The molecule has 80 valence electrons. The van der Waals surface area contributed by atoms with E-state index in [1.807, 2.05) is 6.92 Å². The van der Waals surface area contributed by atoms with E-state index in [9.17, 15) is 13.2 Å². The fourth-order valence-corrected chi connectivity index (χ4v) is 3.89. The third kappa shape index (κ3) is 1.78. The molecule has 0 bridgehead atoms. The summed E-state index contributed by atoms with van der Waals surface area (Å²) in [6.45, 7) is 1.86. The number of nitrogens with one attached hydrogen (secondary N) is 1. The van der Waals surface area contributed by atoms with E-state index < -0.39 is 19.3 Å². The van der Waals surface area contributed by atoms with Gasteiger partial charge in [-0.1, -0.05) is 18.7 Å². The number of sulfone groups is 1. The highest BCUT2D eigenvalue weighted by atomic mass is 35.5. The van der Waals surface area contributed by atoms with Crippen LogP contribution in [0, 0.1) is 0 Å². The molecule has 0 aliphatic carbocycles. The van der Waals surface area contributed by atoms with Crippen molar-refractivity contribution in [2.24, 2.45) is 0 Å². The van der Waals surface area contributed by atoms with Gasteiger partial charge in [0.25, 0.3) is 9.45 Å². The van der Waals surface area contributed by atoms with E-state index in [0.717, 1.165) is 18.0 Å². The van der Waals surface area contributed by atoms with Crippen LogP contribution in [-0.4, -0.2) is 24.1 Å². The quantitative estimate of drug-likeness (QED) is 0.764. The number of halogens is 1. The van der Waals surface area contributed by atoms with Crippen LogP contribution in [0.5, 0.6) is 0 Å². The van der Waals surface area contributed by atoms with E-state index in [4.69, 9.17) is 11.6 Å². The lowest BCUT2D eigenvalue weighted by Crippen LogP contribution is -2.49. The van der Waals surface area contributed by atoms with Crippen molar-refractivity contribution in [2.75, 3.05) is 6.26 Å². The Kier molecular flexibility index (Phi) is 3.18. The summed E-state index contributed by atoms with van der Waals surface area (Å²) in [6, 6.07) is 0. The Labute approximate surface area is 92.0 Å². The summed E-state index contributed by atoms with van der Waals surface area (Å²) in [4.78, 5) is 11.1. The Morgan fingerprint density at radius 2 is 2.29 bits per heavy atom. The predicted molar refractivity (Wildman–Crippen MR) is 57.5 cm³/mol. The van der Waals surface area contributed by atoms with Crippen LogP contribution in [0.15, 0.2) is 11.1 Å².